The summed E-state index contributed by atoms with van der Waals surface area (Å²) < 4.78 is 39.4. The molecule has 1 aromatic heterocycles. The van der Waals surface area contributed by atoms with Crippen molar-refractivity contribution in [1.82, 2.24) is 15.6 Å². The van der Waals surface area contributed by atoms with Gasteiger partial charge in [-0.3, -0.25) is 9.78 Å². The van der Waals surface area contributed by atoms with Gasteiger partial charge in [-0.1, -0.05) is 6.07 Å². The average Bonchev–Trinajstić information content (AvgIpc) is 2.86. The first-order valence-corrected chi connectivity index (χ1v) is 6.33. The smallest absolute Gasteiger partial charge is 0.350 e. The number of carbonyl (C=O) groups excluding carboxylic acids is 1. The van der Waals surface area contributed by atoms with Crippen molar-refractivity contribution < 1.29 is 18.0 Å². The Morgan fingerprint density at radius 1 is 1.50 bits per heavy atom. The largest absolute Gasteiger partial charge is 0.404 e. The van der Waals surface area contributed by atoms with Gasteiger partial charge in [0.1, 0.15) is 0 Å². The minimum absolute atomic E-state index is 0.00164. The number of halogens is 3. The molecule has 1 fully saturated rings. The van der Waals surface area contributed by atoms with Crippen molar-refractivity contribution in [3.05, 3.63) is 29.6 Å². The highest BCUT2D eigenvalue weighted by molar-refractivity contribution is 5.84. The van der Waals surface area contributed by atoms with E-state index in [0.717, 1.165) is 5.69 Å². The molecule has 0 spiro atoms. The van der Waals surface area contributed by atoms with Crippen LogP contribution >= 0.6 is 0 Å². The number of rotatable bonds is 3. The molecule has 2 heterocycles. The molecule has 0 saturated carbocycles. The van der Waals surface area contributed by atoms with Gasteiger partial charge in [-0.15, -0.1) is 0 Å². The molecule has 2 N–H and O–H groups in total. The lowest BCUT2D eigenvalue weighted by atomic mass is 9.85. The molecule has 1 aliphatic heterocycles. The van der Waals surface area contributed by atoms with Crippen LogP contribution in [-0.2, 0) is 11.3 Å². The van der Waals surface area contributed by atoms with Crippen LogP contribution in [0, 0.1) is 12.3 Å². The third-order valence-corrected chi connectivity index (χ3v) is 3.51. The van der Waals surface area contributed by atoms with E-state index in [9.17, 15) is 18.0 Å². The van der Waals surface area contributed by atoms with Crippen LogP contribution in [-0.4, -0.2) is 30.2 Å². The maximum Gasteiger partial charge on any atom is 0.404 e. The van der Waals surface area contributed by atoms with Gasteiger partial charge >= 0.3 is 6.18 Å². The molecule has 1 aliphatic rings. The van der Waals surface area contributed by atoms with Gasteiger partial charge in [-0.25, -0.2) is 0 Å². The van der Waals surface area contributed by atoms with Crippen LogP contribution in [0.4, 0.5) is 13.2 Å². The number of nitrogens with one attached hydrogen (secondary N) is 2. The SMILES string of the molecule is Cc1cccc(CNC(=O)C2(C(F)(F)F)CCNC2)n1. The average molecular weight is 287 g/mol. The Labute approximate surface area is 114 Å². The highest BCUT2D eigenvalue weighted by Gasteiger charge is 2.61. The van der Waals surface area contributed by atoms with Gasteiger partial charge in [0.15, 0.2) is 5.41 Å². The maximum absolute atomic E-state index is 13.1. The summed E-state index contributed by atoms with van der Waals surface area (Å²) in [6.45, 7) is 1.60. The number of alkyl halides is 3. The van der Waals surface area contributed by atoms with E-state index in [1.165, 1.54) is 0 Å². The van der Waals surface area contributed by atoms with E-state index in [2.05, 4.69) is 15.6 Å². The molecule has 4 nitrogen and oxygen atoms in total. The Morgan fingerprint density at radius 2 is 2.25 bits per heavy atom. The van der Waals surface area contributed by atoms with Gasteiger partial charge in [0.2, 0.25) is 5.91 Å². The van der Waals surface area contributed by atoms with Gasteiger partial charge in [0, 0.05) is 12.2 Å². The van der Waals surface area contributed by atoms with Crippen LogP contribution in [0.3, 0.4) is 0 Å². The fourth-order valence-electron chi connectivity index (χ4n) is 2.29. The fraction of sp³-hybridized carbons (Fsp3) is 0.538. The fourth-order valence-corrected chi connectivity index (χ4v) is 2.29. The lowest BCUT2D eigenvalue weighted by molar-refractivity contribution is -0.216. The van der Waals surface area contributed by atoms with Crippen LogP contribution in [0.1, 0.15) is 17.8 Å². The van der Waals surface area contributed by atoms with Gasteiger partial charge in [0.25, 0.3) is 0 Å². The van der Waals surface area contributed by atoms with Crippen LogP contribution in [0.15, 0.2) is 18.2 Å². The molecule has 0 aliphatic carbocycles. The zero-order valence-corrected chi connectivity index (χ0v) is 11.0. The molecular formula is C13H16F3N3O. The highest BCUT2D eigenvalue weighted by atomic mass is 19.4. The summed E-state index contributed by atoms with van der Waals surface area (Å²) in [5, 5.41) is 4.97. The number of carbonyl (C=O) groups is 1. The zero-order chi connectivity index (χ0) is 14.8. The van der Waals surface area contributed by atoms with E-state index < -0.39 is 17.5 Å². The first kappa shape index (κ1) is 14.8. The molecular weight excluding hydrogens is 271 g/mol. The number of pyridine rings is 1. The molecule has 0 radical (unpaired) electrons. The summed E-state index contributed by atoms with van der Waals surface area (Å²) >= 11 is 0. The molecule has 20 heavy (non-hydrogen) atoms. The summed E-state index contributed by atoms with van der Waals surface area (Å²) in [5.74, 6) is -0.988. The second kappa shape index (κ2) is 5.40. The molecule has 1 amide bonds. The Hall–Kier alpha value is -1.63. The number of nitrogens with zero attached hydrogens (tertiary/aromatic N) is 1. The quantitative estimate of drug-likeness (QED) is 0.887. The van der Waals surface area contributed by atoms with E-state index >= 15 is 0 Å². The molecule has 7 heteroatoms. The van der Waals surface area contributed by atoms with Crippen molar-refractivity contribution in [3.63, 3.8) is 0 Å². The Balaban J connectivity index is 2.07. The van der Waals surface area contributed by atoms with Crippen molar-refractivity contribution in [3.8, 4) is 0 Å². The van der Waals surface area contributed by atoms with Crippen molar-refractivity contribution >= 4 is 5.91 Å². The van der Waals surface area contributed by atoms with Crippen molar-refractivity contribution in [2.75, 3.05) is 13.1 Å². The third-order valence-electron chi connectivity index (χ3n) is 3.51. The molecule has 0 aromatic carbocycles. The lowest BCUT2D eigenvalue weighted by Crippen LogP contribution is -2.52. The third kappa shape index (κ3) is 2.77. The molecule has 110 valence electrons. The number of hydrogen-bond acceptors (Lipinski definition) is 3. The maximum atomic E-state index is 13.1. The predicted octanol–water partition coefficient (Wildman–Crippen LogP) is 1.55. The summed E-state index contributed by atoms with van der Waals surface area (Å²) in [6, 6.07) is 5.20. The topological polar surface area (TPSA) is 54.0 Å². The summed E-state index contributed by atoms with van der Waals surface area (Å²) in [5.41, 5.74) is -1.02. The number of aromatic nitrogens is 1. The van der Waals surface area contributed by atoms with Crippen molar-refractivity contribution in [1.29, 1.82) is 0 Å². The predicted molar refractivity (Wildman–Crippen MR) is 66.8 cm³/mol. The Bertz CT molecular complexity index is 496. The van der Waals surface area contributed by atoms with Crippen molar-refractivity contribution in [2.45, 2.75) is 26.1 Å². The molecule has 2 rings (SSSR count). The number of amides is 1. The van der Waals surface area contributed by atoms with E-state index in [-0.39, 0.29) is 26.1 Å². The molecule has 1 unspecified atom stereocenters. The van der Waals surface area contributed by atoms with Gasteiger partial charge in [-0.2, -0.15) is 13.2 Å². The highest BCUT2D eigenvalue weighted by Crippen LogP contribution is 2.43. The summed E-state index contributed by atoms with van der Waals surface area (Å²) in [4.78, 5) is 16.1. The minimum atomic E-state index is -4.55. The minimum Gasteiger partial charge on any atom is -0.350 e. The monoisotopic (exact) mass is 287 g/mol. The molecule has 1 aromatic rings. The number of hydrogen-bond donors (Lipinski definition) is 2. The van der Waals surface area contributed by atoms with Crippen molar-refractivity contribution in [2.24, 2.45) is 5.41 Å². The second-order valence-electron chi connectivity index (χ2n) is 4.96. The van der Waals surface area contributed by atoms with E-state index in [4.69, 9.17) is 0 Å². The van der Waals surface area contributed by atoms with Crippen LogP contribution in [0.5, 0.6) is 0 Å². The molecule has 0 bridgehead atoms. The summed E-state index contributed by atoms with van der Waals surface area (Å²) in [6.07, 6.45) is -4.79. The van der Waals surface area contributed by atoms with E-state index in [1.807, 2.05) is 0 Å². The summed E-state index contributed by atoms with van der Waals surface area (Å²) in [7, 11) is 0. The normalized spacial score (nSPS) is 22.8. The van der Waals surface area contributed by atoms with E-state index in [1.54, 1.807) is 25.1 Å². The Kier molecular flexibility index (Phi) is 3.99. The molecule has 1 saturated heterocycles. The van der Waals surface area contributed by atoms with Gasteiger partial charge in [-0.05, 0) is 32.0 Å². The first-order chi connectivity index (χ1) is 9.35. The van der Waals surface area contributed by atoms with E-state index in [0.29, 0.717) is 5.69 Å². The van der Waals surface area contributed by atoms with Crippen LogP contribution in [0.2, 0.25) is 0 Å². The van der Waals surface area contributed by atoms with Gasteiger partial charge in [0.05, 0.1) is 12.2 Å². The lowest BCUT2D eigenvalue weighted by Gasteiger charge is -2.29. The Morgan fingerprint density at radius 3 is 2.80 bits per heavy atom. The standard InChI is InChI=1S/C13H16F3N3O/c1-9-3-2-4-10(19-9)7-18-11(20)12(13(14,15)16)5-6-17-8-12/h2-4,17H,5-8H2,1H3,(H,18,20). The zero-order valence-electron chi connectivity index (χ0n) is 11.0. The van der Waals surface area contributed by atoms with Crippen LogP contribution < -0.4 is 10.6 Å². The number of aryl methyl sites for hydroxylation is 1. The van der Waals surface area contributed by atoms with Crippen LogP contribution in [0.25, 0.3) is 0 Å². The molecule has 1 atom stereocenters. The van der Waals surface area contributed by atoms with Gasteiger partial charge < -0.3 is 10.6 Å². The second-order valence-corrected chi connectivity index (χ2v) is 4.96. The first-order valence-electron chi connectivity index (χ1n) is 6.33.